The van der Waals surface area contributed by atoms with Crippen molar-refractivity contribution < 1.29 is 13.2 Å². The lowest BCUT2D eigenvalue weighted by atomic mass is 10.00. The summed E-state index contributed by atoms with van der Waals surface area (Å²) >= 11 is 0. The van der Waals surface area contributed by atoms with Crippen molar-refractivity contribution in [2.24, 2.45) is 10.9 Å². The fourth-order valence-corrected chi connectivity index (χ4v) is 2.43. The van der Waals surface area contributed by atoms with Gasteiger partial charge in [0.1, 0.15) is 0 Å². The van der Waals surface area contributed by atoms with Gasteiger partial charge < -0.3 is 5.32 Å². The standard InChI is InChI=1S/C22H29F3N2/c1-8-26-17(5)11-15(3)19(7)27-13-16(4)14(2)12-21(22(23,24)25)18(6)20-9-10-20/h8,11-13,20,26H,1,3,9-10H2,2,4-7H3/b14-12+,16-13+,17-11+,21-18-,27-19?. The zero-order valence-electron chi connectivity index (χ0n) is 16.8. The van der Waals surface area contributed by atoms with E-state index >= 15 is 0 Å². The van der Waals surface area contributed by atoms with Crippen molar-refractivity contribution in [2.75, 3.05) is 0 Å². The van der Waals surface area contributed by atoms with Gasteiger partial charge in [-0.3, -0.25) is 4.99 Å². The Morgan fingerprint density at radius 2 is 1.63 bits per heavy atom. The molecule has 0 heterocycles. The summed E-state index contributed by atoms with van der Waals surface area (Å²) in [5.74, 6) is 0.0674. The minimum atomic E-state index is -4.35. The van der Waals surface area contributed by atoms with Gasteiger partial charge in [0.05, 0.1) is 5.57 Å². The second kappa shape index (κ2) is 9.58. The van der Waals surface area contributed by atoms with Crippen LogP contribution in [0.2, 0.25) is 0 Å². The molecule has 5 heteroatoms. The Bertz CT molecular complexity index is 740. The average molecular weight is 378 g/mol. The first kappa shape index (κ1) is 22.7. The van der Waals surface area contributed by atoms with Gasteiger partial charge in [-0.2, -0.15) is 13.2 Å². The number of halogens is 3. The molecule has 148 valence electrons. The predicted molar refractivity (Wildman–Crippen MR) is 108 cm³/mol. The van der Waals surface area contributed by atoms with Gasteiger partial charge >= 0.3 is 6.18 Å². The molecule has 0 unspecified atom stereocenters. The molecule has 0 saturated heterocycles. The number of hydrogen-bond donors (Lipinski definition) is 1. The Hall–Kier alpha value is -2.30. The largest absolute Gasteiger partial charge is 0.416 e. The molecule has 1 aliphatic carbocycles. The van der Waals surface area contributed by atoms with E-state index < -0.39 is 11.7 Å². The lowest BCUT2D eigenvalue weighted by Crippen LogP contribution is -2.13. The summed E-state index contributed by atoms with van der Waals surface area (Å²) < 4.78 is 40.2. The van der Waals surface area contributed by atoms with Gasteiger partial charge in [0.2, 0.25) is 0 Å². The van der Waals surface area contributed by atoms with Gasteiger partial charge in [-0.1, -0.05) is 18.7 Å². The van der Waals surface area contributed by atoms with Crippen molar-refractivity contribution in [2.45, 2.75) is 53.6 Å². The average Bonchev–Trinajstić information content (AvgIpc) is 3.40. The van der Waals surface area contributed by atoms with Crippen molar-refractivity contribution in [1.29, 1.82) is 0 Å². The molecule has 0 aromatic rings. The highest BCUT2D eigenvalue weighted by atomic mass is 19.4. The summed E-state index contributed by atoms with van der Waals surface area (Å²) in [5.41, 5.74) is 3.40. The summed E-state index contributed by atoms with van der Waals surface area (Å²) in [6.07, 6.45) is 3.55. The molecule has 1 aliphatic rings. The Labute approximate surface area is 160 Å². The lowest BCUT2D eigenvalue weighted by molar-refractivity contribution is -0.0892. The van der Waals surface area contributed by atoms with Crippen molar-refractivity contribution >= 4 is 5.71 Å². The normalized spacial score (nSPS) is 18.2. The van der Waals surface area contributed by atoms with Gasteiger partial charge in [0, 0.05) is 17.6 Å². The Morgan fingerprint density at radius 3 is 2.11 bits per heavy atom. The van der Waals surface area contributed by atoms with Crippen LogP contribution < -0.4 is 5.32 Å². The molecular weight excluding hydrogens is 349 g/mol. The molecule has 1 saturated carbocycles. The fourth-order valence-electron chi connectivity index (χ4n) is 2.43. The monoisotopic (exact) mass is 378 g/mol. The van der Waals surface area contributed by atoms with Crippen LogP contribution in [0.5, 0.6) is 0 Å². The van der Waals surface area contributed by atoms with Gasteiger partial charge in [0.15, 0.2) is 0 Å². The van der Waals surface area contributed by atoms with E-state index in [0.717, 1.165) is 18.5 Å². The van der Waals surface area contributed by atoms with Crippen LogP contribution in [0.15, 0.2) is 76.3 Å². The third-order valence-corrected chi connectivity index (χ3v) is 4.54. The highest BCUT2D eigenvalue weighted by molar-refractivity contribution is 6.00. The maximum Gasteiger partial charge on any atom is 0.416 e. The Morgan fingerprint density at radius 1 is 1.04 bits per heavy atom. The first-order valence-electron chi connectivity index (χ1n) is 8.90. The smallest absolute Gasteiger partial charge is 0.366 e. The first-order valence-corrected chi connectivity index (χ1v) is 8.90. The van der Waals surface area contributed by atoms with Gasteiger partial charge in [-0.15, -0.1) is 0 Å². The van der Waals surface area contributed by atoms with Gasteiger partial charge in [-0.05, 0) is 88.4 Å². The van der Waals surface area contributed by atoms with Crippen molar-refractivity contribution in [1.82, 2.24) is 5.32 Å². The lowest BCUT2D eigenvalue weighted by Gasteiger charge is -2.13. The molecule has 0 aromatic carbocycles. The van der Waals surface area contributed by atoms with E-state index in [9.17, 15) is 13.2 Å². The molecule has 2 nitrogen and oxygen atoms in total. The Kier molecular flexibility index (Phi) is 8.07. The maximum absolute atomic E-state index is 13.4. The summed E-state index contributed by atoms with van der Waals surface area (Å²) in [6, 6.07) is 0. The molecular formula is C22H29F3N2. The molecule has 1 fully saturated rings. The molecule has 0 aliphatic heterocycles. The van der Waals surface area contributed by atoms with E-state index in [4.69, 9.17) is 0 Å². The number of alkyl halides is 3. The van der Waals surface area contributed by atoms with E-state index in [-0.39, 0.29) is 5.92 Å². The van der Waals surface area contributed by atoms with E-state index in [1.165, 1.54) is 6.08 Å². The van der Waals surface area contributed by atoms with Crippen LogP contribution in [-0.4, -0.2) is 11.9 Å². The van der Waals surface area contributed by atoms with E-state index in [1.54, 1.807) is 40.1 Å². The highest BCUT2D eigenvalue weighted by Gasteiger charge is 2.37. The molecule has 0 aromatic heterocycles. The topological polar surface area (TPSA) is 24.4 Å². The molecule has 0 amide bonds. The SMILES string of the molecule is C=CN/C(C)=C/C(=C)C(C)=N/C=C(C)/C(C)=C/C(=C(\C)C1CC1)C(F)(F)F. The zero-order valence-corrected chi connectivity index (χ0v) is 16.8. The molecule has 0 atom stereocenters. The highest BCUT2D eigenvalue weighted by Crippen LogP contribution is 2.42. The fraction of sp³-hybridized carbons (Fsp3) is 0.409. The van der Waals surface area contributed by atoms with E-state index in [0.29, 0.717) is 28.0 Å². The van der Waals surface area contributed by atoms with Crippen LogP contribution >= 0.6 is 0 Å². The van der Waals surface area contributed by atoms with E-state index in [1.807, 2.05) is 13.0 Å². The van der Waals surface area contributed by atoms with Crippen LogP contribution in [0.3, 0.4) is 0 Å². The molecule has 1 N–H and O–H groups in total. The summed E-state index contributed by atoms with van der Waals surface area (Å²) in [4.78, 5) is 4.34. The molecule has 0 radical (unpaired) electrons. The molecule has 0 spiro atoms. The van der Waals surface area contributed by atoms with Crippen LogP contribution in [0, 0.1) is 5.92 Å². The molecule has 1 rings (SSSR count). The van der Waals surface area contributed by atoms with Crippen LogP contribution in [-0.2, 0) is 0 Å². The van der Waals surface area contributed by atoms with Crippen LogP contribution in [0.1, 0.15) is 47.5 Å². The number of nitrogens with one attached hydrogen (secondary N) is 1. The second-order valence-electron chi connectivity index (χ2n) is 6.92. The predicted octanol–water partition coefficient (Wildman–Crippen LogP) is 6.78. The minimum Gasteiger partial charge on any atom is -0.366 e. The first-order chi connectivity index (χ1) is 12.5. The number of aliphatic imine (C=N–C) groups is 1. The zero-order chi connectivity index (χ0) is 20.8. The summed E-state index contributed by atoms with van der Waals surface area (Å²) in [6.45, 7) is 16.2. The number of allylic oxidation sites excluding steroid dienone is 8. The maximum atomic E-state index is 13.4. The van der Waals surface area contributed by atoms with Crippen LogP contribution in [0.4, 0.5) is 13.2 Å². The second-order valence-corrected chi connectivity index (χ2v) is 6.92. The summed E-state index contributed by atoms with van der Waals surface area (Å²) in [7, 11) is 0. The molecule has 27 heavy (non-hydrogen) atoms. The number of nitrogens with zero attached hydrogens (tertiary/aromatic N) is 1. The Balaban J connectivity index is 3.05. The van der Waals surface area contributed by atoms with E-state index in [2.05, 4.69) is 23.5 Å². The van der Waals surface area contributed by atoms with Crippen molar-refractivity contribution in [3.63, 3.8) is 0 Å². The van der Waals surface area contributed by atoms with Gasteiger partial charge in [0.25, 0.3) is 0 Å². The summed E-state index contributed by atoms with van der Waals surface area (Å²) in [5, 5.41) is 2.95. The van der Waals surface area contributed by atoms with Crippen molar-refractivity contribution in [3.05, 3.63) is 71.3 Å². The third-order valence-electron chi connectivity index (χ3n) is 4.54. The quantitative estimate of drug-likeness (QED) is 0.365. The minimum absolute atomic E-state index is 0.0674. The van der Waals surface area contributed by atoms with Gasteiger partial charge in [-0.25, -0.2) is 0 Å². The molecule has 0 bridgehead atoms. The number of rotatable bonds is 8. The number of hydrogen-bond acceptors (Lipinski definition) is 2. The van der Waals surface area contributed by atoms with Crippen molar-refractivity contribution in [3.8, 4) is 0 Å². The van der Waals surface area contributed by atoms with Crippen LogP contribution in [0.25, 0.3) is 0 Å². The third kappa shape index (κ3) is 7.45.